The van der Waals surface area contributed by atoms with Crippen molar-refractivity contribution in [3.05, 3.63) is 0 Å². The van der Waals surface area contributed by atoms with Crippen molar-refractivity contribution in [3.63, 3.8) is 0 Å². The van der Waals surface area contributed by atoms with Crippen LogP contribution in [-0.2, 0) is 9.53 Å². The molecule has 0 fully saturated rings. The van der Waals surface area contributed by atoms with Gasteiger partial charge in [0.05, 0.1) is 6.61 Å². The number of amides is 2. The van der Waals surface area contributed by atoms with Gasteiger partial charge in [-0.25, -0.2) is 4.79 Å². The SMILES string of the molecule is COCCN(C)C(=O)N(C)CCCC(=O)O. The van der Waals surface area contributed by atoms with Gasteiger partial charge in [-0.05, 0) is 6.42 Å². The molecule has 94 valence electrons. The molecule has 0 saturated heterocycles. The molecule has 0 aromatic rings. The molecule has 0 bridgehead atoms. The second-order valence-corrected chi connectivity index (χ2v) is 3.62. The molecule has 0 aromatic carbocycles. The van der Waals surface area contributed by atoms with Crippen molar-refractivity contribution in [1.82, 2.24) is 9.80 Å². The van der Waals surface area contributed by atoms with Crippen LogP contribution in [0.25, 0.3) is 0 Å². The third kappa shape index (κ3) is 6.23. The van der Waals surface area contributed by atoms with E-state index in [1.807, 2.05) is 0 Å². The Morgan fingerprint density at radius 3 is 2.25 bits per heavy atom. The number of hydrogen-bond acceptors (Lipinski definition) is 3. The summed E-state index contributed by atoms with van der Waals surface area (Å²) >= 11 is 0. The van der Waals surface area contributed by atoms with E-state index >= 15 is 0 Å². The van der Waals surface area contributed by atoms with Crippen molar-refractivity contribution in [1.29, 1.82) is 0 Å². The molecule has 0 atom stereocenters. The van der Waals surface area contributed by atoms with E-state index in [-0.39, 0.29) is 12.5 Å². The molecule has 0 spiro atoms. The number of ether oxygens (including phenoxy) is 1. The molecule has 6 nitrogen and oxygen atoms in total. The number of hydrogen-bond donors (Lipinski definition) is 1. The molecule has 6 heteroatoms. The average molecular weight is 232 g/mol. The van der Waals surface area contributed by atoms with Crippen molar-refractivity contribution in [2.24, 2.45) is 0 Å². The van der Waals surface area contributed by atoms with E-state index in [9.17, 15) is 9.59 Å². The highest BCUT2D eigenvalue weighted by atomic mass is 16.5. The molecule has 0 saturated carbocycles. The molecule has 2 amide bonds. The first-order chi connectivity index (χ1) is 7.49. The summed E-state index contributed by atoms with van der Waals surface area (Å²) in [6.07, 6.45) is 0.551. The zero-order valence-electron chi connectivity index (χ0n) is 10.1. The summed E-state index contributed by atoms with van der Waals surface area (Å²) < 4.78 is 4.86. The molecule has 0 unspecified atom stereocenters. The van der Waals surface area contributed by atoms with Gasteiger partial charge in [-0.2, -0.15) is 0 Å². The Morgan fingerprint density at radius 2 is 1.75 bits per heavy atom. The van der Waals surface area contributed by atoms with E-state index in [1.165, 1.54) is 4.90 Å². The minimum absolute atomic E-state index is 0.0827. The highest BCUT2D eigenvalue weighted by Gasteiger charge is 2.13. The monoisotopic (exact) mass is 232 g/mol. The Morgan fingerprint density at radius 1 is 1.19 bits per heavy atom. The minimum atomic E-state index is -0.839. The zero-order chi connectivity index (χ0) is 12.6. The van der Waals surface area contributed by atoms with Gasteiger partial charge in [0.1, 0.15) is 0 Å². The van der Waals surface area contributed by atoms with E-state index < -0.39 is 5.97 Å². The number of aliphatic carboxylic acids is 1. The number of carbonyl (C=O) groups excluding carboxylic acids is 1. The van der Waals surface area contributed by atoms with Gasteiger partial charge < -0.3 is 19.6 Å². The summed E-state index contributed by atoms with van der Waals surface area (Å²) in [5.41, 5.74) is 0. The Bertz CT molecular complexity index is 233. The van der Waals surface area contributed by atoms with Gasteiger partial charge in [0.25, 0.3) is 0 Å². The fourth-order valence-electron chi connectivity index (χ4n) is 1.18. The highest BCUT2D eigenvalue weighted by molar-refractivity contribution is 5.73. The maximum absolute atomic E-state index is 11.7. The van der Waals surface area contributed by atoms with Crippen LogP contribution in [0.2, 0.25) is 0 Å². The second-order valence-electron chi connectivity index (χ2n) is 3.62. The average Bonchev–Trinajstić information content (AvgIpc) is 2.24. The van der Waals surface area contributed by atoms with Crippen LogP contribution < -0.4 is 0 Å². The molecule has 0 rings (SSSR count). The first-order valence-corrected chi connectivity index (χ1v) is 5.16. The van der Waals surface area contributed by atoms with Crippen LogP contribution in [0, 0.1) is 0 Å². The fourth-order valence-corrected chi connectivity index (χ4v) is 1.18. The normalized spacial score (nSPS) is 9.94. The Labute approximate surface area is 95.8 Å². The summed E-state index contributed by atoms with van der Waals surface area (Å²) in [4.78, 5) is 25.0. The quantitative estimate of drug-likeness (QED) is 0.693. The first kappa shape index (κ1) is 14.7. The van der Waals surface area contributed by atoms with Gasteiger partial charge in [0, 0.05) is 40.7 Å². The van der Waals surface area contributed by atoms with Crippen molar-refractivity contribution in [2.45, 2.75) is 12.8 Å². The van der Waals surface area contributed by atoms with Crippen LogP contribution in [0.5, 0.6) is 0 Å². The van der Waals surface area contributed by atoms with E-state index in [2.05, 4.69) is 0 Å². The number of likely N-dealkylation sites (N-methyl/N-ethyl adjacent to an activating group) is 1. The lowest BCUT2D eigenvalue weighted by Crippen LogP contribution is -2.40. The molecular formula is C10H20N2O4. The number of carbonyl (C=O) groups is 2. The summed E-state index contributed by atoms with van der Waals surface area (Å²) in [6.45, 7) is 1.46. The zero-order valence-corrected chi connectivity index (χ0v) is 10.1. The van der Waals surface area contributed by atoms with Gasteiger partial charge in [-0.3, -0.25) is 4.79 Å². The maximum atomic E-state index is 11.7. The van der Waals surface area contributed by atoms with Crippen LogP contribution >= 0.6 is 0 Å². The molecule has 0 aliphatic rings. The summed E-state index contributed by atoms with van der Waals surface area (Å²) in [7, 11) is 4.93. The lowest BCUT2D eigenvalue weighted by molar-refractivity contribution is -0.137. The van der Waals surface area contributed by atoms with E-state index in [0.29, 0.717) is 26.1 Å². The molecule has 0 aromatic heterocycles. The summed E-state index contributed by atoms with van der Waals surface area (Å²) in [5.74, 6) is -0.839. The van der Waals surface area contributed by atoms with Gasteiger partial charge >= 0.3 is 12.0 Å². The minimum Gasteiger partial charge on any atom is -0.481 e. The molecule has 0 radical (unpaired) electrons. The topological polar surface area (TPSA) is 70.1 Å². The standard InChI is InChI=1S/C10H20N2O4/c1-11(6-4-5-9(13)14)10(15)12(2)7-8-16-3/h4-8H2,1-3H3,(H,13,14). The number of methoxy groups -OCH3 is 1. The predicted octanol–water partition coefficient (Wildman–Crippen LogP) is 0.481. The van der Waals surface area contributed by atoms with Crippen molar-refractivity contribution in [3.8, 4) is 0 Å². The lowest BCUT2D eigenvalue weighted by atomic mass is 10.3. The smallest absolute Gasteiger partial charge is 0.319 e. The maximum Gasteiger partial charge on any atom is 0.319 e. The largest absolute Gasteiger partial charge is 0.481 e. The second kappa shape index (κ2) is 7.92. The predicted molar refractivity (Wildman–Crippen MR) is 59.4 cm³/mol. The van der Waals surface area contributed by atoms with Crippen LogP contribution in [0.15, 0.2) is 0 Å². The third-order valence-electron chi connectivity index (χ3n) is 2.17. The number of carboxylic acid groups (broad SMARTS) is 1. The number of carboxylic acids is 1. The molecule has 0 heterocycles. The van der Waals surface area contributed by atoms with E-state index in [0.717, 1.165) is 0 Å². The number of nitrogens with zero attached hydrogens (tertiary/aromatic N) is 2. The third-order valence-corrected chi connectivity index (χ3v) is 2.17. The summed E-state index contributed by atoms with van der Waals surface area (Å²) in [6, 6.07) is -0.123. The van der Waals surface area contributed by atoms with Crippen molar-refractivity contribution >= 4 is 12.0 Å². The lowest BCUT2D eigenvalue weighted by Gasteiger charge is -2.24. The van der Waals surface area contributed by atoms with Crippen LogP contribution in [0.1, 0.15) is 12.8 Å². The molecule has 1 N–H and O–H groups in total. The molecule has 0 aliphatic carbocycles. The summed E-state index contributed by atoms with van der Waals surface area (Å²) in [5, 5.41) is 8.46. The van der Waals surface area contributed by atoms with E-state index in [1.54, 1.807) is 26.1 Å². The fraction of sp³-hybridized carbons (Fsp3) is 0.800. The molecular weight excluding hydrogens is 212 g/mol. The van der Waals surface area contributed by atoms with Crippen LogP contribution in [0.3, 0.4) is 0 Å². The van der Waals surface area contributed by atoms with Gasteiger partial charge in [0.15, 0.2) is 0 Å². The Kier molecular flexibility index (Phi) is 7.28. The van der Waals surface area contributed by atoms with Crippen LogP contribution in [0.4, 0.5) is 4.79 Å². The molecule has 0 aliphatic heterocycles. The number of rotatable bonds is 7. The van der Waals surface area contributed by atoms with Crippen LogP contribution in [-0.4, -0.2) is 67.8 Å². The van der Waals surface area contributed by atoms with Crippen molar-refractivity contribution < 1.29 is 19.4 Å². The van der Waals surface area contributed by atoms with Crippen molar-refractivity contribution in [2.75, 3.05) is 40.9 Å². The Hall–Kier alpha value is -1.30. The Balaban J connectivity index is 3.83. The van der Waals surface area contributed by atoms with E-state index in [4.69, 9.17) is 9.84 Å². The highest BCUT2D eigenvalue weighted by Crippen LogP contribution is 1.98. The molecule has 16 heavy (non-hydrogen) atoms. The van der Waals surface area contributed by atoms with Gasteiger partial charge in [-0.15, -0.1) is 0 Å². The first-order valence-electron chi connectivity index (χ1n) is 5.16. The number of urea groups is 1. The van der Waals surface area contributed by atoms with Gasteiger partial charge in [0.2, 0.25) is 0 Å². The van der Waals surface area contributed by atoms with Gasteiger partial charge in [-0.1, -0.05) is 0 Å².